The van der Waals surface area contributed by atoms with Crippen LogP contribution in [0.25, 0.3) is 0 Å². The molecule has 0 spiro atoms. The molecule has 0 bridgehead atoms. The van der Waals surface area contributed by atoms with E-state index in [-0.39, 0.29) is 30.3 Å². The van der Waals surface area contributed by atoms with Crippen molar-refractivity contribution in [3.05, 3.63) is 0 Å². The highest BCUT2D eigenvalue weighted by atomic mass is 16.2. The van der Waals surface area contributed by atoms with Crippen LogP contribution >= 0.6 is 0 Å². The van der Waals surface area contributed by atoms with Gasteiger partial charge in [0.15, 0.2) is 0 Å². The molecular formula is C9H16N2O2. The summed E-state index contributed by atoms with van der Waals surface area (Å²) in [5.74, 6) is 0.224. The fourth-order valence-corrected chi connectivity index (χ4v) is 1.67. The van der Waals surface area contributed by atoms with Gasteiger partial charge in [0, 0.05) is 14.1 Å². The first kappa shape index (κ1) is 10.0. The summed E-state index contributed by atoms with van der Waals surface area (Å²) >= 11 is 0. The van der Waals surface area contributed by atoms with Crippen LogP contribution < -0.4 is 0 Å². The molecule has 1 saturated heterocycles. The molecule has 1 heterocycles. The molecule has 1 atom stereocenters. The molecule has 0 unspecified atom stereocenters. The standard InChI is InChI=1S/C9H16N2O2/c1-6(2)8-9(13)10(3)5-7(12)11(8)4/h6,8H,5H2,1-4H3/t8-/m0/s1. The van der Waals surface area contributed by atoms with Crippen molar-refractivity contribution in [3.8, 4) is 0 Å². The second kappa shape index (κ2) is 3.36. The van der Waals surface area contributed by atoms with Crippen LogP contribution in [0.5, 0.6) is 0 Å². The third-order valence-electron chi connectivity index (χ3n) is 2.44. The van der Waals surface area contributed by atoms with E-state index in [4.69, 9.17) is 0 Å². The average molecular weight is 184 g/mol. The van der Waals surface area contributed by atoms with Crippen LogP contribution in [0.4, 0.5) is 0 Å². The van der Waals surface area contributed by atoms with Crippen LogP contribution in [0.15, 0.2) is 0 Å². The molecule has 0 aromatic heterocycles. The van der Waals surface area contributed by atoms with Gasteiger partial charge in [0.25, 0.3) is 0 Å². The Hall–Kier alpha value is -1.06. The molecule has 0 aromatic rings. The lowest BCUT2D eigenvalue weighted by molar-refractivity contribution is -0.154. The second-order valence-electron chi connectivity index (χ2n) is 3.89. The van der Waals surface area contributed by atoms with Crippen molar-refractivity contribution in [2.24, 2.45) is 5.92 Å². The molecule has 0 radical (unpaired) electrons. The van der Waals surface area contributed by atoms with E-state index < -0.39 is 0 Å². The highest BCUT2D eigenvalue weighted by Crippen LogP contribution is 2.16. The summed E-state index contributed by atoms with van der Waals surface area (Å²) in [5.41, 5.74) is 0. The van der Waals surface area contributed by atoms with Gasteiger partial charge in [-0.1, -0.05) is 13.8 Å². The number of likely N-dealkylation sites (N-methyl/N-ethyl adjacent to an activating group) is 2. The summed E-state index contributed by atoms with van der Waals surface area (Å²) in [7, 11) is 3.36. The molecule has 13 heavy (non-hydrogen) atoms. The zero-order valence-electron chi connectivity index (χ0n) is 8.57. The third kappa shape index (κ3) is 1.66. The SMILES string of the molecule is CC(C)[C@H]1C(=O)N(C)CC(=O)N1C. The Morgan fingerprint density at radius 3 is 2.31 bits per heavy atom. The smallest absolute Gasteiger partial charge is 0.245 e. The van der Waals surface area contributed by atoms with E-state index in [1.54, 1.807) is 19.0 Å². The maximum atomic E-state index is 11.7. The quantitative estimate of drug-likeness (QED) is 0.573. The van der Waals surface area contributed by atoms with Crippen molar-refractivity contribution in [1.82, 2.24) is 9.80 Å². The number of piperazine rings is 1. The lowest BCUT2D eigenvalue weighted by atomic mass is 9.99. The van der Waals surface area contributed by atoms with E-state index >= 15 is 0 Å². The van der Waals surface area contributed by atoms with Crippen molar-refractivity contribution >= 4 is 11.8 Å². The van der Waals surface area contributed by atoms with Gasteiger partial charge in [0.05, 0.1) is 6.54 Å². The number of hydrogen-bond acceptors (Lipinski definition) is 2. The Bertz CT molecular complexity index is 238. The van der Waals surface area contributed by atoms with Crippen molar-refractivity contribution in [1.29, 1.82) is 0 Å². The van der Waals surface area contributed by atoms with Gasteiger partial charge in [0.2, 0.25) is 11.8 Å². The second-order valence-corrected chi connectivity index (χ2v) is 3.89. The number of nitrogens with zero attached hydrogens (tertiary/aromatic N) is 2. The van der Waals surface area contributed by atoms with E-state index in [9.17, 15) is 9.59 Å². The Morgan fingerprint density at radius 1 is 1.31 bits per heavy atom. The lowest BCUT2D eigenvalue weighted by Gasteiger charge is -2.38. The maximum Gasteiger partial charge on any atom is 0.245 e. The van der Waals surface area contributed by atoms with Crippen molar-refractivity contribution in [3.63, 3.8) is 0 Å². The third-order valence-corrected chi connectivity index (χ3v) is 2.44. The predicted octanol–water partition coefficient (Wildman–Crippen LogP) is -0.0586. The summed E-state index contributed by atoms with van der Waals surface area (Å²) in [4.78, 5) is 26.1. The van der Waals surface area contributed by atoms with Crippen LogP contribution in [0.2, 0.25) is 0 Å². The van der Waals surface area contributed by atoms with E-state index in [2.05, 4.69) is 0 Å². The molecule has 0 aromatic carbocycles. The Kier molecular flexibility index (Phi) is 2.59. The molecule has 1 fully saturated rings. The molecule has 0 saturated carbocycles. The molecule has 0 aliphatic carbocycles. The zero-order chi connectivity index (χ0) is 10.2. The first-order valence-corrected chi connectivity index (χ1v) is 4.45. The summed E-state index contributed by atoms with van der Waals surface area (Å²) in [5, 5.41) is 0. The Morgan fingerprint density at radius 2 is 1.85 bits per heavy atom. The highest BCUT2D eigenvalue weighted by molar-refractivity contribution is 5.94. The molecule has 4 nitrogen and oxygen atoms in total. The number of hydrogen-bond donors (Lipinski definition) is 0. The molecule has 4 heteroatoms. The first-order chi connectivity index (χ1) is 5.95. The van der Waals surface area contributed by atoms with Crippen LogP contribution in [-0.2, 0) is 9.59 Å². The van der Waals surface area contributed by atoms with Crippen molar-refractivity contribution in [2.45, 2.75) is 19.9 Å². The summed E-state index contributed by atoms with van der Waals surface area (Å²) in [6, 6.07) is -0.286. The average Bonchev–Trinajstić information content (AvgIpc) is 2.01. The van der Waals surface area contributed by atoms with Gasteiger partial charge in [-0.25, -0.2) is 0 Å². The van der Waals surface area contributed by atoms with Crippen molar-refractivity contribution < 1.29 is 9.59 Å². The van der Waals surface area contributed by atoms with E-state index in [1.807, 2.05) is 13.8 Å². The molecule has 1 aliphatic heterocycles. The normalized spacial score (nSPS) is 24.5. The number of carbonyl (C=O) groups is 2. The van der Waals surface area contributed by atoms with Crippen molar-refractivity contribution in [2.75, 3.05) is 20.6 Å². The summed E-state index contributed by atoms with van der Waals surface area (Å²) < 4.78 is 0. The van der Waals surface area contributed by atoms with E-state index in [1.165, 1.54) is 4.90 Å². The summed E-state index contributed by atoms with van der Waals surface area (Å²) in [6.45, 7) is 4.11. The molecule has 2 amide bonds. The monoisotopic (exact) mass is 184 g/mol. The van der Waals surface area contributed by atoms with Gasteiger partial charge in [-0.15, -0.1) is 0 Å². The number of rotatable bonds is 1. The predicted molar refractivity (Wildman–Crippen MR) is 49.0 cm³/mol. The molecular weight excluding hydrogens is 168 g/mol. The van der Waals surface area contributed by atoms with Crippen LogP contribution in [0.1, 0.15) is 13.8 Å². The van der Waals surface area contributed by atoms with Crippen LogP contribution in [0, 0.1) is 5.92 Å². The fraction of sp³-hybridized carbons (Fsp3) is 0.778. The maximum absolute atomic E-state index is 11.7. The topological polar surface area (TPSA) is 40.6 Å². The molecule has 0 N–H and O–H groups in total. The minimum absolute atomic E-state index is 0.0146. The van der Waals surface area contributed by atoms with E-state index in [0.29, 0.717) is 0 Å². The van der Waals surface area contributed by atoms with Gasteiger partial charge < -0.3 is 9.80 Å². The number of carbonyl (C=O) groups excluding carboxylic acids is 2. The molecule has 1 aliphatic rings. The minimum atomic E-state index is -0.286. The molecule has 1 rings (SSSR count). The summed E-state index contributed by atoms with van der Waals surface area (Å²) in [6.07, 6.45) is 0. The van der Waals surface area contributed by atoms with Gasteiger partial charge in [-0.3, -0.25) is 9.59 Å². The first-order valence-electron chi connectivity index (χ1n) is 4.45. The lowest BCUT2D eigenvalue weighted by Crippen LogP contribution is -2.59. The largest absolute Gasteiger partial charge is 0.335 e. The molecule has 74 valence electrons. The Labute approximate surface area is 78.5 Å². The fourth-order valence-electron chi connectivity index (χ4n) is 1.67. The number of amides is 2. The van der Waals surface area contributed by atoms with E-state index in [0.717, 1.165) is 0 Å². The van der Waals surface area contributed by atoms with Gasteiger partial charge in [-0.2, -0.15) is 0 Å². The minimum Gasteiger partial charge on any atom is -0.335 e. The van der Waals surface area contributed by atoms with Crippen LogP contribution in [0.3, 0.4) is 0 Å². The zero-order valence-corrected chi connectivity index (χ0v) is 8.57. The Balaban J connectivity index is 2.88. The highest BCUT2D eigenvalue weighted by Gasteiger charge is 2.36. The van der Waals surface area contributed by atoms with Crippen LogP contribution in [-0.4, -0.2) is 48.3 Å². The van der Waals surface area contributed by atoms with Gasteiger partial charge in [-0.05, 0) is 5.92 Å². The van der Waals surface area contributed by atoms with Gasteiger partial charge in [0.1, 0.15) is 6.04 Å². The van der Waals surface area contributed by atoms with Gasteiger partial charge >= 0.3 is 0 Å².